The molecular formula is C14H17ClN2. The van der Waals surface area contributed by atoms with Crippen molar-refractivity contribution in [1.82, 2.24) is 4.98 Å². The lowest BCUT2D eigenvalue weighted by atomic mass is 10.1. The summed E-state index contributed by atoms with van der Waals surface area (Å²) < 4.78 is 0. The topological polar surface area (TPSA) is 24.9 Å². The van der Waals surface area contributed by atoms with Crippen molar-refractivity contribution < 1.29 is 0 Å². The third kappa shape index (κ3) is 2.52. The van der Waals surface area contributed by atoms with Gasteiger partial charge in [0.25, 0.3) is 0 Å². The van der Waals surface area contributed by atoms with Crippen LogP contribution in [0, 0.1) is 13.8 Å². The minimum Gasteiger partial charge on any atom is -0.384 e. The highest BCUT2D eigenvalue weighted by Gasteiger charge is 2.06. The molecule has 2 nitrogen and oxygen atoms in total. The van der Waals surface area contributed by atoms with Crippen LogP contribution < -0.4 is 5.32 Å². The zero-order valence-electron chi connectivity index (χ0n) is 10.5. The van der Waals surface area contributed by atoms with E-state index in [1.165, 1.54) is 0 Å². The van der Waals surface area contributed by atoms with Gasteiger partial charge in [0.15, 0.2) is 0 Å². The summed E-state index contributed by atoms with van der Waals surface area (Å²) in [6.45, 7) is 7.15. The number of nitrogens with one attached hydrogen (secondary N) is 1. The summed E-state index contributed by atoms with van der Waals surface area (Å²) in [5.74, 6) is 0. The lowest BCUT2D eigenvalue weighted by molar-refractivity contribution is 0.980. The predicted molar refractivity (Wildman–Crippen MR) is 75.0 cm³/mol. The summed E-state index contributed by atoms with van der Waals surface area (Å²) in [5, 5.41) is 5.36. The average Bonchev–Trinajstić information content (AvgIpc) is 2.28. The van der Waals surface area contributed by atoms with Gasteiger partial charge in [0.1, 0.15) is 0 Å². The van der Waals surface area contributed by atoms with Crippen LogP contribution in [0.3, 0.4) is 0 Å². The van der Waals surface area contributed by atoms with Crippen LogP contribution in [0.4, 0.5) is 5.69 Å². The highest BCUT2D eigenvalue weighted by Crippen LogP contribution is 2.28. The van der Waals surface area contributed by atoms with Crippen LogP contribution in [-0.2, 0) is 0 Å². The number of fused-ring (bicyclic) bond motifs is 1. The molecule has 17 heavy (non-hydrogen) atoms. The molecule has 0 spiro atoms. The minimum absolute atomic E-state index is 0.775. The Bertz CT molecular complexity index is 549. The molecule has 0 radical (unpaired) electrons. The van der Waals surface area contributed by atoms with Crippen LogP contribution in [0.2, 0.25) is 5.02 Å². The first-order valence-corrected chi connectivity index (χ1v) is 6.31. The number of hydrogen-bond acceptors (Lipinski definition) is 2. The van der Waals surface area contributed by atoms with Gasteiger partial charge in [0, 0.05) is 28.3 Å². The molecule has 0 bridgehead atoms. The number of rotatable bonds is 3. The van der Waals surface area contributed by atoms with Crippen molar-refractivity contribution in [3.8, 4) is 0 Å². The van der Waals surface area contributed by atoms with Crippen LogP contribution in [0.1, 0.15) is 24.6 Å². The number of halogens is 1. The SMILES string of the molecule is CCCNc1cc(C)nc2cc(Cl)c(C)cc12. The minimum atomic E-state index is 0.775. The lowest BCUT2D eigenvalue weighted by Gasteiger charge is -2.11. The number of anilines is 1. The Balaban J connectivity index is 2.61. The van der Waals surface area contributed by atoms with Crippen LogP contribution >= 0.6 is 11.6 Å². The molecule has 0 aliphatic carbocycles. The van der Waals surface area contributed by atoms with Crippen molar-refractivity contribution >= 4 is 28.2 Å². The normalized spacial score (nSPS) is 10.8. The summed E-state index contributed by atoms with van der Waals surface area (Å²) in [6.07, 6.45) is 1.11. The summed E-state index contributed by atoms with van der Waals surface area (Å²) in [7, 11) is 0. The van der Waals surface area contributed by atoms with Gasteiger partial charge in [-0.3, -0.25) is 4.98 Å². The molecule has 2 rings (SSSR count). The van der Waals surface area contributed by atoms with Gasteiger partial charge in [0.2, 0.25) is 0 Å². The Morgan fingerprint density at radius 2 is 2.00 bits per heavy atom. The van der Waals surface area contributed by atoms with E-state index in [0.717, 1.165) is 45.8 Å². The summed E-state index contributed by atoms with van der Waals surface area (Å²) in [6, 6.07) is 6.13. The maximum Gasteiger partial charge on any atom is 0.0740 e. The molecule has 0 saturated carbocycles. The summed E-state index contributed by atoms with van der Waals surface area (Å²) in [4.78, 5) is 4.52. The van der Waals surface area contributed by atoms with Gasteiger partial charge in [-0.05, 0) is 44.0 Å². The Hall–Kier alpha value is -1.28. The van der Waals surface area contributed by atoms with Gasteiger partial charge in [-0.2, -0.15) is 0 Å². The molecule has 0 aliphatic heterocycles. The van der Waals surface area contributed by atoms with Crippen molar-refractivity contribution in [2.45, 2.75) is 27.2 Å². The molecule has 90 valence electrons. The molecule has 0 unspecified atom stereocenters. The molecule has 1 N–H and O–H groups in total. The Morgan fingerprint density at radius 3 is 2.71 bits per heavy atom. The quantitative estimate of drug-likeness (QED) is 0.875. The van der Waals surface area contributed by atoms with E-state index in [1.54, 1.807) is 0 Å². The molecule has 0 amide bonds. The van der Waals surface area contributed by atoms with Crippen LogP contribution in [-0.4, -0.2) is 11.5 Å². The fourth-order valence-corrected chi connectivity index (χ4v) is 2.05. The highest BCUT2D eigenvalue weighted by atomic mass is 35.5. The molecule has 0 atom stereocenters. The number of aromatic nitrogens is 1. The van der Waals surface area contributed by atoms with E-state index in [2.05, 4.69) is 29.4 Å². The molecular weight excluding hydrogens is 232 g/mol. The van der Waals surface area contributed by atoms with Gasteiger partial charge in [-0.1, -0.05) is 18.5 Å². The Labute approximate surface area is 107 Å². The number of aryl methyl sites for hydroxylation is 2. The van der Waals surface area contributed by atoms with Crippen LogP contribution in [0.25, 0.3) is 10.9 Å². The van der Waals surface area contributed by atoms with Gasteiger partial charge in [-0.15, -0.1) is 0 Å². The maximum absolute atomic E-state index is 6.14. The van der Waals surface area contributed by atoms with Crippen molar-refractivity contribution in [2.24, 2.45) is 0 Å². The molecule has 1 aromatic heterocycles. The van der Waals surface area contributed by atoms with Gasteiger partial charge in [-0.25, -0.2) is 0 Å². The zero-order chi connectivity index (χ0) is 12.4. The highest BCUT2D eigenvalue weighted by molar-refractivity contribution is 6.32. The van der Waals surface area contributed by atoms with Gasteiger partial charge >= 0.3 is 0 Å². The third-order valence-electron chi connectivity index (χ3n) is 2.78. The van der Waals surface area contributed by atoms with E-state index in [-0.39, 0.29) is 0 Å². The molecule has 1 aromatic carbocycles. The maximum atomic E-state index is 6.14. The Kier molecular flexibility index (Phi) is 3.53. The van der Waals surface area contributed by atoms with E-state index in [0.29, 0.717) is 0 Å². The summed E-state index contributed by atoms with van der Waals surface area (Å²) in [5.41, 5.74) is 4.20. The number of benzene rings is 1. The molecule has 0 saturated heterocycles. The fourth-order valence-electron chi connectivity index (χ4n) is 1.89. The van der Waals surface area contributed by atoms with E-state index >= 15 is 0 Å². The second-order valence-corrected chi connectivity index (χ2v) is 4.76. The summed E-state index contributed by atoms with van der Waals surface area (Å²) >= 11 is 6.14. The predicted octanol–water partition coefficient (Wildman–Crippen LogP) is 4.33. The van der Waals surface area contributed by atoms with Crippen molar-refractivity contribution in [1.29, 1.82) is 0 Å². The van der Waals surface area contributed by atoms with Crippen LogP contribution in [0.15, 0.2) is 18.2 Å². The first kappa shape index (κ1) is 12.2. The number of pyridine rings is 1. The first-order chi connectivity index (χ1) is 8.11. The van der Waals surface area contributed by atoms with Gasteiger partial charge in [0.05, 0.1) is 5.52 Å². The van der Waals surface area contributed by atoms with E-state index < -0.39 is 0 Å². The molecule has 1 heterocycles. The van der Waals surface area contributed by atoms with Crippen LogP contribution in [0.5, 0.6) is 0 Å². The molecule has 0 aliphatic rings. The number of nitrogens with zero attached hydrogens (tertiary/aromatic N) is 1. The van der Waals surface area contributed by atoms with Gasteiger partial charge < -0.3 is 5.32 Å². The number of hydrogen-bond donors (Lipinski definition) is 1. The second kappa shape index (κ2) is 4.92. The smallest absolute Gasteiger partial charge is 0.0740 e. The lowest BCUT2D eigenvalue weighted by Crippen LogP contribution is -2.01. The van der Waals surface area contributed by atoms with E-state index in [4.69, 9.17) is 11.6 Å². The standard InChI is InChI=1S/C14H17ClN2/c1-4-5-16-13-7-10(3)17-14-8-12(15)9(2)6-11(13)14/h6-8H,4-5H2,1-3H3,(H,16,17). The Morgan fingerprint density at radius 1 is 1.24 bits per heavy atom. The molecule has 0 fully saturated rings. The van der Waals surface area contributed by atoms with Crippen molar-refractivity contribution in [3.63, 3.8) is 0 Å². The first-order valence-electron chi connectivity index (χ1n) is 5.93. The third-order valence-corrected chi connectivity index (χ3v) is 3.19. The molecule has 2 aromatic rings. The monoisotopic (exact) mass is 248 g/mol. The largest absolute Gasteiger partial charge is 0.384 e. The van der Waals surface area contributed by atoms with E-state index in [1.807, 2.05) is 19.9 Å². The zero-order valence-corrected chi connectivity index (χ0v) is 11.2. The fraction of sp³-hybridized carbons (Fsp3) is 0.357. The van der Waals surface area contributed by atoms with Crippen molar-refractivity contribution in [2.75, 3.05) is 11.9 Å². The average molecular weight is 249 g/mol. The second-order valence-electron chi connectivity index (χ2n) is 4.36. The van der Waals surface area contributed by atoms with E-state index in [9.17, 15) is 0 Å². The van der Waals surface area contributed by atoms with Crippen molar-refractivity contribution in [3.05, 3.63) is 34.5 Å². The molecule has 3 heteroatoms.